The highest BCUT2D eigenvalue weighted by Gasteiger charge is 2.15. The van der Waals surface area contributed by atoms with E-state index in [2.05, 4.69) is 20.3 Å². The second-order valence-electron chi connectivity index (χ2n) is 5.05. The lowest BCUT2D eigenvalue weighted by atomic mass is 10.2. The first-order valence-corrected chi connectivity index (χ1v) is 9.36. The van der Waals surface area contributed by atoms with Gasteiger partial charge in [0.15, 0.2) is 0 Å². The zero-order chi connectivity index (χ0) is 15.7. The molecule has 0 saturated heterocycles. The number of carbonyl (C=O) groups excluding carboxylic acids is 1. The number of benzene rings is 1. The molecule has 0 amide bonds. The molecule has 2 atom stereocenters. The van der Waals surface area contributed by atoms with Crippen LogP contribution >= 0.6 is 8.15 Å². The normalized spacial score (nSPS) is 14.0. The molecule has 1 aromatic rings. The summed E-state index contributed by atoms with van der Waals surface area (Å²) in [4.78, 5) is 11.8. The van der Waals surface area contributed by atoms with Gasteiger partial charge in [0.05, 0.1) is 24.4 Å². The molecule has 1 rings (SSSR count). The maximum Gasteiger partial charge on any atom is 0.338 e. The van der Waals surface area contributed by atoms with Gasteiger partial charge in [-0.05, 0) is 38.8 Å². The second kappa shape index (κ2) is 9.88. The highest BCUT2D eigenvalue weighted by Crippen LogP contribution is 2.26. The van der Waals surface area contributed by atoms with Gasteiger partial charge in [-0.3, -0.25) is 0 Å². The fourth-order valence-electron chi connectivity index (χ4n) is 1.70. The Hall–Kier alpha value is -0.960. The summed E-state index contributed by atoms with van der Waals surface area (Å²) in [7, 11) is -0.378. The summed E-state index contributed by atoms with van der Waals surface area (Å²) in [5, 5.41) is 0. The van der Waals surface area contributed by atoms with Gasteiger partial charge in [-0.25, -0.2) is 4.79 Å². The van der Waals surface area contributed by atoms with E-state index >= 15 is 0 Å². The molecule has 5 heteroatoms. The smallest absolute Gasteiger partial charge is 0.338 e. The molecule has 0 aliphatic carbocycles. The van der Waals surface area contributed by atoms with E-state index in [4.69, 9.17) is 14.0 Å². The van der Waals surface area contributed by atoms with Crippen molar-refractivity contribution in [2.45, 2.75) is 32.5 Å². The predicted molar refractivity (Wildman–Crippen MR) is 86.1 cm³/mol. The molecule has 1 aromatic carbocycles. The number of esters is 1. The summed E-state index contributed by atoms with van der Waals surface area (Å²) in [6, 6.07) is 8.97. The fraction of sp³-hybridized carbons (Fsp3) is 0.562. The molecule has 0 heterocycles. The molecule has 2 unspecified atom stereocenters. The molecule has 0 bridgehead atoms. The van der Waals surface area contributed by atoms with Crippen LogP contribution in [0.4, 0.5) is 0 Å². The van der Waals surface area contributed by atoms with Crippen LogP contribution in [0.25, 0.3) is 0 Å². The van der Waals surface area contributed by atoms with E-state index in [9.17, 15) is 4.79 Å². The lowest BCUT2D eigenvalue weighted by Crippen LogP contribution is -2.27. The van der Waals surface area contributed by atoms with Crippen molar-refractivity contribution in [2.24, 2.45) is 0 Å². The average molecular weight is 312 g/mol. The van der Waals surface area contributed by atoms with E-state index < -0.39 is 0 Å². The molecular formula is C16H25O4P. The Balaban J connectivity index is 2.32. The molecular weight excluding hydrogens is 287 g/mol. The maximum atomic E-state index is 11.8. The van der Waals surface area contributed by atoms with Gasteiger partial charge in [-0.1, -0.05) is 25.1 Å². The Bertz CT molecular complexity index is 408. The monoisotopic (exact) mass is 312 g/mol. The van der Waals surface area contributed by atoms with Gasteiger partial charge in [-0.2, -0.15) is 0 Å². The molecule has 0 N–H and O–H groups in total. The zero-order valence-electron chi connectivity index (χ0n) is 13.2. The number of rotatable bonds is 9. The molecule has 0 saturated carbocycles. The van der Waals surface area contributed by atoms with Crippen molar-refractivity contribution in [3.8, 4) is 0 Å². The summed E-state index contributed by atoms with van der Waals surface area (Å²) < 4.78 is 16.7. The first-order chi connectivity index (χ1) is 10.0. The van der Waals surface area contributed by atoms with Gasteiger partial charge in [-0.15, -0.1) is 0 Å². The third-order valence-corrected chi connectivity index (χ3v) is 3.52. The second-order valence-corrected chi connectivity index (χ2v) is 6.93. The van der Waals surface area contributed by atoms with Gasteiger partial charge < -0.3 is 14.0 Å². The lowest BCUT2D eigenvalue weighted by Gasteiger charge is -2.22. The van der Waals surface area contributed by atoms with Crippen LogP contribution in [0.5, 0.6) is 0 Å². The van der Waals surface area contributed by atoms with Crippen LogP contribution in [-0.2, 0) is 14.0 Å². The van der Waals surface area contributed by atoms with Crippen LogP contribution in [0.15, 0.2) is 30.3 Å². The third kappa shape index (κ3) is 7.56. The summed E-state index contributed by atoms with van der Waals surface area (Å²) in [5.41, 5.74) is 0.558. The Morgan fingerprint density at radius 3 is 2.43 bits per heavy atom. The van der Waals surface area contributed by atoms with E-state index in [0.29, 0.717) is 12.2 Å². The number of hydrogen-bond acceptors (Lipinski definition) is 4. The van der Waals surface area contributed by atoms with Crippen molar-refractivity contribution < 1.29 is 18.8 Å². The SMILES string of the molecule is CCC(COP(C)C)OC(C)COC(=O)c1ccccc1. The highest BCUT2D eigenvalue weighted by atomic mass is 31.1. The van der Waals surface area contributed by atoms with Crippen LogP contribution in [0, 0.1) is 0 Å². The van der Waals surface area contributed by atoms with Gasteiger partial charge in [0.1, 0.15) is 6.61 Å². The predicted octanol–water partition coefficient (Wildman–Crippen LogP) is 3.70. The summed E-state index contributed by atoms with van der Waals surface area (Å²) in [5.74, 6) is -0.319. The Morgan fingerprint density at radius 2 is 1.86 bits per heavy atom. The van der Waals surface area contributed by atoms with Crippen molar-refractivity contribution in [3.63, 3.8) is 0 Å². The summed E-state index contributed by atoms with van der Waals surface area (Å²) in [6.07, 6.45) is 0.770. The largest absolute Gasteiger partial charge is 0.459 e. The van der Waals surface area contributed by atoms with Crippen molar-refractivity contribution in [1.29, 1.82) is 0 Å². The zero-order valence-corrected chi connectivity index (χ0v) is 14.1. The fourth-order valence-corrected chi connectivity index (χ4v) is 2.17. The molecule has 0 spiro atoms. The first kappa shape index (κ1) is 18.1. The highest BCUT2D eigenvalue weighted by molar-refractivity contribution is 7.50. The van der Waals surface area contributed by atoms with Crippen molar-refractivity contribution >= 4 is 14.1 Å². The minimum atomic E-state index is -0.378. The van der Waals surface area contributed by atoms with E-state index in [0.717, 1.165) is 6.42 Å². The van der Waals surface area contributed by atoms with E-state index in [1.54, 1.807) is 12.1 Å². The third-order valence-electron chi connectivity index (χ3n) is 2.86. The quantitative estimate of drug-likeness (QED) is 0.515. The van der Waals surface area contributed by atoms with Crippen molar-refractivity contribution in [1.82, 2.24) is 0 Å². The van der Waals surface area contributed by atoms with Crippen molar-refractivity contribution in [2.75, 3.05) is 26.5 Å². The number of ether oxygens (including phenoxy) is 2. The summed E-state index contributed by atoms with van der Waals surface area (Å²) in [6.45, 7) is 8.93. The molecule has 21 heavy (non-hydrogen) atoms. The van der Waals surface area contributed by atoms with Gasteiger partial charge >= 0.3 is 5.97 Å². The molecule has 0 aromatic heterocycles. The van der Waals surface area contributed by atoms with Crippen LogP contribution in [0.1, 0.15) is 30.6 Å². The van der Waals surface area contributed by atoms with Crippen LogP contribution in [-0.4, -0.2) is 44.7 Å². The molecule has 0 radical (unpaired) electrons. The summed E-state index contributed by atoms with van der Waals surface area (Å²) >= 11 is 0. The average Bonchev–Trinajstić information content (AvgIpc) is 2.49. The topological polar surface area (TPSA) is 44.8 Å². The van der Waals surface area contributed by atoms with E-state index in [1.165, 1.54) is 0 Å². The van der Waals surface area contributed by atoms with E-state index in [-0.39, 0.29) is 32.9 Å². The molecule has 0 aliphatic rings. The van der Waals surface area contributed by atoms with Crippen LogP contribution < -0.4 is 0 Å². The van der Waals surface area contributed by atoms with E-state index in [1.807, 2.05) is 25.1 Å². The van der Waals surface area contributed by atoms with Crippen LogP contribution in [0.2, 0.25) is 0 Å². The number of hydrogen-bond donors (Lipinski definition) is 0. The van der Waals surface area contributed by atoms with Gasteiger partial charge in [0.25, 0.3) is 0 Å². The Kier molecular flexibility index (Phi) is 8.51. The van der Waals surface area contributed by atoms with Crippen LogP contribution in [0.3, 0.4) is 0 Å². The minimum Gasteiger partial charge on any atom is -0.459 e. The Morgan fingerprint density at radius 1 is 1.19 bits per heavy atom. The molecule has 118 valence electrons. The van der Waals surface area contributed by atoms with Crippen molar-refractivity contribution in [3.05, 3.63) is 35.9 Å². The molecule has 4 nitrogen and oxygen atoms in total. The first-order valence-electron chi connectivity index (χ1n) is 7.20. The minimum absolute atomic E-state index is 0.0420. The van der Waals surface area contributed by atoms with Gasteiger partial charge in [0, 0.05) is 8.15 Å². The standard InChI is InChI=1S/C16H25O4P/c1-5-15(12-19-21(3)4)20-13(2)11-18-16(17)14-9-7-6-8-10-14/h6-10,13,15H,5,11-12H2,1-4H3. The molecule has 0 aliphatic heterocycles. The molecule has 0 fully saturated rings. The maximum absolute atomic E-state index is 11.8. The number of carbonyl (C=O) groups is 1. The lowest BCUT2D eigenvalue weighted by molar-refractivity contribution is -0.0530. The Labute approximate surface area is 128 Å². The van der Waals surface area contributed by atoms with Gasteiger partial charge in [0.2, 0.25) is 0 Å².